The first-order chi connectivity index (χ1) is 7.22. The molecule has 1 heterocycles. The van der Waals surface area contributed by atoms with E-state index >= 15 is 0 Å². The Kier molecular flexibility index (Phi) is 3.68. The average Bonchev–Trinajstić information content (AvgIpc) is 2.61. The summed E-state index contributed by atoms with van der Waals surface area (Å²) in [6.45, 7) is 7.29. The molecule has 1 saturated carbocycles. The fourth-order valence-electron chi connectivity index (χ4n) is 3.57. The highest BCUT2D eigenvalue weighted by Gasteiger charge is 2.36. The van der Waals surface area contributed by atoms with Crippen molar-refractivity contribution in [3.8, 4) is 0 Å². The summed E-state index contributed by atoms with van der Waals surface area (Å²) in [4.78, 5) is 2.71. The van der Waals surface area contributed by atoms with Gasteiger partial charge < -0.3 is 5.73 Å². The molecule has 2 fully saturated rings. The first-order valence-electron chi connectivity index (χ1n) is 6.72. The van der Waals surface area contributed by atoms with Gasteiger partial charge in [-0.3, -0.25) is 4.90 Å². The van der Waals surface area contributed by atoms with E-state index in [-0.39, 0.29) is 0 Å². The van der Waals surface area contributed by atoms with Gasteiger partial charge in [-0.25, -0.2) is 0 Å². The summed E-state index contributed by atoms with van der Waals surface area (Å²) < 4.78 is 0. The first-order valence-corrected chi connectivity index (χ1v) is 6.72. The van der Waals surface area contributed by atoms with Crippen molar-refractivity contribution in [1.29, 1.82) is 0 Å². The molecule has 0 amide bonds. The Balaban J connectivity index is 1.89. The van der Waals surface area contributed by atoms with E-state index in [2.05, 4.69) is 18.7 Å². The van der Waals surface area contributed by atoms with Crippen LogP contribution >= 0.6 is 0 Å². The summed E-state index contributed by atoms with van der Waals surface area (Å²) in [6.07, 6.45) is 6.66. The lowest BCUT2D eigenvalue weighted by atomic mass is 9.92. The van der Waals surface area contributed by atoms with Crippen LogP contribution in [0.1, 0.15) is 46.0 Å². The van der Waals surface area contributed by atoms with Crippen LogP contribution in [-0.2, 0) is 0 Å². The van der Waals surface area contributed by atoms with E-state index in [0.717, 1.165) is 17.9 Å². The van der Waals surface area contributed by atoms with Crippen LogP contribution in [0.5, 0.6) is 0 Å². The number of piperidine rings is 1. The van der Waals surface area contributed by atoms with Gasteiger partial charge in [-0.2, -0.15) is 0 Å². The number of hydrogen-bond donors (Lipinski definition) is 1. The maximum Gasteiger partial charge on any atom is 0.0124 e. The molecule has 2 aliphatic rings. The summed E-state index contributed by atoms with van der Waals surface area (Å²) in [5.41, 5.74) is 5.96. The van der Waals surface area contributed by atoms with Crippen molar-refractivity contribution in [2.75, 3.05) is 13.1 Å². The molecular formula is C13H26N2. The predicted molar refractivity (Wildman–Crippen MR) is 64.7 cm³/mol. The predicted octanol–water partition coefficient (Wildman–Crippen LogP) is 2.23. The van der Waals surface area contributed by atoms with Crippen molar-refractivity contribution in [3.63, 3.8) is 0 Å². The van der Waals surface area contributed by atoms with Crippen LogP contribution in [0, 0.1) is 11.8 Å². The van der Waals surface area contributed by atoms with Crippen molar-refractivity contribution in [3.05, 3.63) is 0 Å². The summed E-state index contributed by atoms with van der Waals surface area (Å²) in [7, 11) is 0. The zero-order valence-electron chi connectivity index (χ0n) is 10.3. The van der Waals surface area contributed by atoms with Crippen LogP contribution in [0.25, 0.3) is 0 Å². The Morgan fingerprint density at radius 1 is 1.13 bits per heavy atom. The standard InChI is InChI=1S/C13H26N2/c1-3-11-4-5-13(10(11)2)15-8-6-12(14)7-9-15/h10-13H,3-9,14H2,1-2H3. The Bertz CT molecular complexity index is 197. The molecule has 3 unspecified atom stereocenters. The van der Waals surface area contributed by atoms with Crippen LogP contribution in [0.2, 0.25) is 0 Å². The van der Waals surface area contributed by atoms with Gasteiger partial charge in [-0.05, 0) is 50.6 Å². The quantitative estimate of drug-likeness (QED) is 0.757. The second-order valence-electron chi connectivity index (χ2n) is 5.55. The van der Waals surface area contributed by atoms with Crippen LogP contribution in [-0.4, -0.2) is 30.1 Å². The fraction of sp³-hybridized carbons (Fsp3) is 1.00. The molecule has 2 heteroatoms. The van der Waals surface area contributed by atoms with Gasteiger partial charge in [0.05, 0.1) is 0 Å². The highest BCUT2D eigenvalue weighted by molar-refractivity contribution is 4.90. The molecule has 0 radical (unpaired) electrons. The molecule has 2 rings (SSSR count). The lowest BCUT2D eigenvalue weighted by molar-refractivity contribution is 0.120. The second kappa shape index (κ2) is 4.84. The number of nitrogens with zero attached hydrogens (tertiary/aromatic N) is 1. The number of rotatable bonds is 2. The minimum Gasteiger partial charge on any atom is -0.328 e. The molecule has 88 valence electrons. The molecule has 3 atom stereocenters. The minimum atomic E-state index is 0.472. The summed E-state index contributed by atoms with van der Waals surface area (Å²) in [5, 5.41) is 0. The van der Waals surface area contributed by atoms with Gasteiger partial charge in [-0.1, -0.05) is 20.3 Å². The maximum atomic E-state index is 5.96. The molecule has 0 aromatic rings. The maximum absolute atomic E-state index is 5.96. The van der Waals surface area contributed by atoms with Crippen molar-refractivity contribution in [2.24, 2.45) is 17.6 Å². The summed E-state index contributed by atoms with van der Waals surface area (Å²) in [5.74, 6) is 1.88. The SMILES string of the molecule is CCC1CCC(N2CCC(N)CC2)C1C. The van der Waals surface area contributed by atoms with E-state index in [1.807, 2.05) is 0 Å². The Morgan fingerprint density at radius 3 is 2.33 bits per heavy atom. The topological polar surface area (TPSA) is 29.3 Å². The first kappa shape index (κ1) is 11.4. The third-order valence-electron chi connectivity index (χ3n) is 4.75. The monoisotopic (exact) mass is 210 g/mol. The van der Waals surface area contributed by atoms with Crippen molar-refractivity contribution < 1.29 is 0 Å². The number of likely N-dealkylation sites (tertiary alicyclic amines) is 1. The lowest BCUT2D eigenvalue weighted by Crippen LogP contribution is -2.46. The molecule has 2 N–H and O–H groups in total. The number of hydrogen-bond acceptors (Lipinski definition) is 2. The Hall–Kier alpha value is -0.0800. The fourth-order valence-corrected chi connectivity index (χ4v) is 3.57. The van der Waals surface area contributed by atoms with E-state index in [4.69, 9.17) is 5.73 Å². The summed E-state index contributed by atoms with van der Waals surface area (Å²) >= 11 is 0. The molecule has 1 aliphatic carbocycles. The largest absolute Gasteiger partial charge is 0.328 e. The van der Waals surface area contributed by atoms with Crippen LogP contribution in [0.15, 0.2) is 0 Å². The zero-order chi connectivity index (χ0) is 10.8. The summed E-state index contributed by atoms with van der Waals surface area (Å²) in [6, 6.07) is 1.34. The molecule has 1 saturated heterocycles. The Morgan fingerprint density at radius 2 is 1.80 bits per heavy atom. The Labute approximate surface area is 94.2 Å². The van der Waals surface area contributed by atoms with Gasteiger partial charge in [0.15, 0.2) is 0 Å². The van der Waals surface area contributed by atoms with Crippen molar-refractivity contribution in [1.82, 2.24) is 4.90 Å². The van der Waals surface area contributed by atoms with Crippen molar-refractivity contribution >= 4 is 0 Å². The highest BCUT2D eigenvalue weighted by Crippen LogP contribution is 2.37. The second-order valence-corrected chi connectivity index (χ2v) is 5.55. The molecular weight excluding hydrogens is 184 g/mol. The molecule has 0 aromatic heterocycles. The van der Waals surface area contributed by atoms with Gasteiger partial charge in [0.2, 0.25) is 0 Å². The normalized spacial score (nSPS) is 39.8. The molecule has 0 bridgehead atoms. The molecule has 2 nitrogen and oxygen atoms in total. The number of nitrogens with two attached hydrogens (primary N) is 1. The molecule has 15 heavy (non-hydrogen) atoms. The molecule has 1 aliphatic heterocycles. The van der Waals surface area contributed by atoms with Gasteiger partial charge in [0.25, 0.3) is 0 Å². The minimum absolute atomic E-state index is 0.472. The molecule has 0 spiro atoms. The van der Waals surface area contributed by atoms with Gasteiger partial charge >= 0.3 is 0 Å². The van der Waals surface area contributed by atoms with E-state index in [9.17, 15) is 0 Å². The van der Waals surface area contributed by atoms with Crippen molar-refractivity contribution in [2.45, 2.75) is 58.0 Å². The highest BCUT2D eigenvalue weighted by atomic mass is 15.2. The van der Waals surface area contributed by atoms with Crippen LogP contribution < -0.4 is 5.73 Å². The van der Waals surface area contributed by atoms with E-state index in [0.29, 0.717) is 6.04 Å². The van der Waals surface area contributed by atoms with Gasteiger partial charge in [-0.15, -0.1) is 0 Å². The average molecular weight is 210 g/mol. The van der Waals surface area contributed by atoms with E-state index in [1.54, 1.807) is 0 Å². The smallest absolute Gasteiger partial charge is 0.0124 e. The van der Waals surface area contributed by atoms with Gasteiger partial charge in [0.1, 0.15) is 0 Å². The lowest BCUT2D eigenvalue weighted by Gasteiger charge is -2.37. The van der Waals surface area contributed by atoms with Gasteiger partial charge in [0, 0.05) is 12.1 Å². The zero-order valence-corrected chi connectivity index (χ0v) is 10.3. The van der Waals surface area contributed by atoms with Crippen LogP contribution in [0.3, 0.4) is 0 Å². The van der Waals surface area contributed by atoms with E-state index < -0.39 is 0 Å². The third-order valence-corrected chi connectivity index (χ3v) is 4.75. The van der Waals surface area contributed by atoms with Crippen LogP contribution in [0.4, 0.5) is 0 Å². The third kappa shape index (κ3) is 2.36. The van der Waals surface area contributed by atoms with E-state index in [1.165, 1.54) is 45.2 Å². The molecule has 0 aromatic carbocycles.